The molecule has 0 unspecified atom stereocenters. The fourth-order valence-electron chi connectivity index (χ4n) is 0.806. The fraction of sp³-hybridized carbons (Fsp3) is 0.250. The van der Waals surface area contributed by atoms with Gasteiger partial charge in [0.1, 0.15) is 0 Å². The standard InChI is InChI=1S/C8H10FNO.ClH/c1-5(10)6-2-3-8(11)7(9)4-6;/h2-5,11H,10H2,1H3;1H/t5-;/m1./s1. The van der Waals surface area contributed by atoms with Gasteiger partial charge >= 0.3 is 0 Å². The number of benzene rings is 1. The van der Waals surface area contributed by atoms with Gasteiger partial charge in [-0.3, -0.25) is 0 Å². The average Bonchev–Trinajstić information content (AvgIpc) is 1.94. The van der Waals surface area contributed by atoms with Crippen LogP contribution in [0, 0.1) is 5.82 Å². The molecule has 12 heavy (non-hydrogen) atoms. The lowest BCUT2D eigenvalue weighted by Gasteiger charge is -2.04. The number of phenols is 1. The van der Waals surface area contributed by atoms with Crippen LogP contribution in [0.4, 0.5) is 4.39 Å². The predicted octanol–water partition coefficient (Wildman–Crippen LogP) is 1.97. The van der Waals surface area contributed by atoms with Crippen LogP contribution in [0.25, 0.3) is 0 Å². The molecule has 0 aliphatic heterocycles. The van der Waals surface area contributed by atoms with E-state index in [1.54, 1.807) is 13.0 Å². The number of hydrogen-bond acceptors (Lipinski definition) is 2. The van der Waals surface area contributed by atoms with Crippen LogP contribution in [0.1, 0.15) is 18.5 Å². The Morgan fingerprint density at radius 1 is 1.50 bits per heavy atom. The molecule has 0 amide bonds. The molecule has 1 aromatic carbocycles. The lowest BCUT2D eigenvalue weighted by atomic mass is 10.1. The Morgan fingerprint density at radius 3 is 2.50 bits per heavy atom. The van der Waals surface area contributed by atoms with Crippen LogP contribution in [0.2, 0.25) is 0 Å². The van der Waals surface area contributed by atoms with Gasteiger partial charge in [0.05, 0.1) is 0 Å². The maximum atomic E-state index is 12.6. The van der Waals surface area contributed by atoms with Crippen molar-refractivity contribution in [2.75, 3.05) is 0 Å². The third-order valence-electron chi connectivity index (χ3n) is 1.50. The Hall–Kier alpha value is -0.800. The van der Waals surface area contributed by atoms with Crippen molar-refractivity contribution in [1.82, 2.24) is 0 Å². The lowest BCUT2D eigenvalue weighted by molar-refractivity contribution is 0.431. The SMILES string of the molecule is C[C@@H](N)c1ccc(O)c(F)c1.Cl. The van der Waals surface area contributed by atoms with Gasteiger partial charge in [-0.1, -0.05) is 6.07 Å². The van der Waals surface area contributed by atoms with Crippen molar-refractivity contribution in [3.8, 4) is 5.75 Å². The first kappa shape index (κ1) is 11.2. The van der Waals surface area contributed by atoms with E-state index >= 15 is 0 Å². The van der Waals surface area contributed by atoms with Gasteiger partial charge in [0.25, 0.3) is 0 Å². The molecule has 0 aromatic heterocycles. The van der Waals surface area contributed by atoms with Crippen molar-refractivity contribution >= 4 is 12.4 Å². The summed E-state index contributed by atoms with van der Waals surface area (Å²) in [7, 11) is 0. The molecule has 4 heteroatoms. The zero-order chi connectivity index (χ0) is 8.43. The highest BCUT2D eigenvalue weighted by Crippen LogP contribution is 2.18. The number of hydrogen-bond donors (Lipinski definition) is 2. The van der Waals surface area contributed by atoms with E-state index in [4.69, 9.17) is 10.8 Å². The molecular formula is C8H11ClFNO. The second-order valence-corrected chi connectivity index (χ2v) is 2.50. The van der Waals surface area contributed by atoms with Gasteiger partial charge in [-0.2, -0.15) is 0 Å². The van der Waals surface area contributed by atoms with E-state index in [9.17, 15) is 4.39 Å². The summed E-state index contributed by atoms with van der Waals surface area (Å²) in [6.07, 6.45) is 0. The molecule has 0 saturated carbocycles. The van der Waals surface area contributed by atoms with Crippen molar-refractivity contribution in [3.63, 3.8) is 0 Å². The van der Waals surface area contributed by atoms with Crippen LogP contribution in [0.3, 0.4) is 0 Å². The van der Waals surface area contributed by atoms with Gasteiger partial charge in [-0.15, -0.1) is 12.4 Å². The first-order valence-electron chi connectivity index (χ1n) is 3.35. The number of aromatic hydroxyl groups is 1. The van der Waals surface area contributed by atoms with Gasteiger partial charge < -0.3 is 10.8 Å². The third kappa shape index (κ3) is 2.36. The minimum Gasteiger partial charge on any atom is -0.505 e. The first-order valence-corrected chi connectivity index (χ1v) is 3.35. The van der Waals surface area contributed by atoms with Crippen molar-refractivity contribution in [3.05, 3.63) is 29.6 Å². The highest BCUT2D eigenvalue weighted by Gasteiger charge is 2.03. The Morgan fingerprint density at radius 2 is 2.08 bits per heavy atom. The Labute approximate surface area is 76.6 Å². The van der Waals surface area contributed by atoms with Crippen LogP contribution in [-0.2, 0) is 0 Å². The summed E-state index contributed by atoms with van der Waals surface area (Å²) in [4.78, 5) is 0. The minimum atomic E-state index is -0.625. The molecule has 0 aliphatic rings. The second kappa shape index (κ2) is 4.28. The maximum Gasteiger partial charge on any atom is 0.165 e. The number of nitrogens with two attached hydrogens (primary N) is 1. The molecule has 1 aromatic rings. The predicted molar refractivity (Wildman–Crippen MR) is 47.9 cm³/mol. The quantitative estimate of drug-likeness (QED) is 0.713. The summed E-state index contributed by atoms with van der Waals surface area (Å²) in [6.45, 7) is 1.76. The van der Waals surface area contributed by atoms with E-state index in [1.165, 1.54) is 12.1 Å². The molecule has 1 atom stereocenters. The molecule has 2 nitrogen and oxygen atoms in total. The zero-order valence-electron chi connectivity index (χ0n) is 6.62. The number of phenolic OH excluding ortho intramolecular Hbond substituents is 1. The van der Waals surface area contributed by atoms with Crippen molar-refractivity contribution in [2.45, 2.75) is 13.0 Å². The molecule has 0 spiro atoms. The largest absolute Gasteiger partial charge is 0.505 e. The maximum absolute atomic E-state index is 12.6. The van der Waals surface area contributed by atoms with E-state index in [1.807, 2.05) is 0 Å². The Bertz CT molecular complexity index is 265. The summed E-state index contributed by atoms with van der Waals surface area (Å²) in [5.41, 5.74) is 6.17. The van der Waals surface area contributed by atoms with Crippen LogP contribution in [-0.4, -0.2) is 5.11 Å². The van der Waals surface area contributed by atoms with E-state index in [-0.39, 0.29) is 24.2 Å². The van der Waals surface area contributed by atoms with E-state index < -0.39 is 5.82 Å². The van der Waals surface area contributed by atoms with Crippen molar-refractivity contribution < 1.29 is 9.50 Å². The van der Waals surface area contributed by atoms with Crippen LogP contribution < -0.4 is 5.73 Å². The number of rotatable bonds is 1. The molecule has 0 bridgehead atoms. The van der Waals surface area contributed by atoms with E-state index in [0.29, 0.717) is 5.56 Å². The van der Waals surface area contributed by atoms with E-state index in [0.717, 1.165) is 0 Å². The summed E-state index contributed by atoms with van der Waals surface area (Å²) in [6, 6.07) is 3.93. The average molecular weight is 192 g/mol. The van der Waals surface area contributed by atoms with Crippen LogP contribution in [0.5, 0.6) is 5.75 Å². The topological polar surface area (TPSA) is 46.2 Å². The number of halogens is 2. The Balaban J connectivity index is 0.00000121. The Kier molecular flexibility index (Phi) is 4.00. The first-order chi connectivity index (χ1) is 5.11. The molecule has 0 heterocycles. The molecule has 3 N–H and O–H groups in total. The molecule has 0 saturated heterocycles. The van der Waals surface area contributed by atoms with Crippen molar-refractivity contribution in [1.29, 1.82) is 0 Å². The van der Waals surface area contributed by atoms with Gasteiger partial charge in [0, 0.05) is 6.04 Å². The normalized spacial score (nSPS) is 11.9. The lowest BCUT2D eigenvalue weighted by Crippen LogP contribution is -2.04. The molecule has 0 radical (unpaired) electrons. The van der Waals surface area contributed by atoms with Crippen LogP contribution in [0.15, 0.2) is 18.2 Å². The summed E-state index contributed by atoms with van der Waals surface area (Å²) in [5.74, 6) is -0.964. The second-order valence-electron chi connectivity index (χ2n) is 2.50. The van der Waals surface area contributed by atoms with Gasteiger partial charge in [-0.25, -0.2) is 4.39 Å². The van der Waals surface area contributed by atoms with E-state index in [2.05, 4.69) is 0 Å². The van der Waals surface area contributed by atoms with Gasteiger partial charge in [-0.05, 0) is 24.6 Å². The van der Waals surface area contributed by atoms with Gasteiger partial charge in [0.15, 0.2) is 11.6 Å². The molecule has 68 valence electrons. The molecule has 1 rings (SSSR count). The van der Waals surface area contributed by atoms with Gasteiger partial charge in [0.2, 0.25) is 0 Å². The minimum absolute atomic E-state index is 0. The van der Waals surface area contributed by atoms with Crippen LogP contribution >= 0.6 is 12.4 Å². The smallest absolute Gasteiger partial charge is 0.165 e. The monoisotopic (exact) mass is 191 g/mol. The fourth-order valence-corrected chi connectivity index (χ4v) is 0.806. The highest BCUT2D eigenvalue weighted by molar-refractivity contribution is 5.85. The molecular weight excluding hydrogens is 181 g/mol. The molecule has 0 aliphatic carbocycles. The molecule has 0 fully saturated rings. The summed E-state index contributed by atoms with van der Waals surface area (Å²) in [5, 5.41) is 8.81. The zero-order valence-corrected chi connectivity index (χ0v) is 7.44. The third-order valence-corrected chi connectivity index (χ3v) is 1.50. The van der Waals surface area contributed by atoms with Crippen molar-refractivity contribution in [2.24, 2.45) is 5.73 Å². The summed E-state index contributed by atoms with van der Waals surface area (Å²) < 4.78 is 12.6. The highest BCUT2D eigenvalue weighted by atomic mass is 35.5. The summed E-state index contributed by atoms with van der Waals surface area (Å²) >= 11 is 0.